The normalized spacial score (nSPS) is 12.2. The number of carbonyl (C=O) groups is 1. The third-order valence-corrected chi connectivity index (χ3v) is 3.89. The summed E-state index contributed by atoms with van der Waals surface area (Å²) in [5, 5.41) is 8.09. The molecule has 1 heterocycles. The van der Waals surface area contributed by atoms with Crippen LogP contribution in [0, 0.1) is 13.8 Å². The number of aromatic nitrogens is 2. The molecular weight excluding hydrogens is 309 g/mol. The van der Waals surface area contributed by atoms with E-state index < -0.39 is 0 Å². The van der Waals surface area contributed by atoms with Crippen LogP contribution in [-0.4, -0.2) is 15.7 Å². The number of hydrogen-bond donors (Lipinski definition) is 1. The molecule has 0 saturated heterocycles. The highest BCUT2D eigenvalue weighted by atomic mass is 35.5. The summed E-state index contributed by atoms with van der Waals surface area (Å²) in [4.78, 5) is 12.1. The van der Waals surface area contributed by atoms with Crippen molar-refractivity contribution >= 4 is 34.8 Å². The molecule has 4 nitrogen and oxygen atoms in total. The predicted octanol–water partition coefficient (Wildman–Crippen LogP) is 4.40. The molecule has 1 aromatic heterocycles. The van der Waals surface area contributed by atoms with E-state index in [0.717, 1.165) is 11.4 Å². The Hall–Kier alpha value is -1.52. The van der Waals surface area contributed by atoms with Crippen molar-refractivity contribution in [1.82, 2.24) is 9.78 Å². The van der Waals surface area contributed by atoms with Crippen LogP contribution in [0.5, 0.6) is 0 Å². The fraction of sp³-hybridized carbons (Fsp3) is 0.333. The van der Waals surface area contributed by atoms with Crippen molar-refractivity contribution in [3.8, 4) is 0 Å². The lowest BCUT2D eigenvalue weighted by atomic mass is 10.2. The largest absolute Gasteiger partial charge is 0.326 e. The van der Waals surface area contributed by atoms with Gasteiger partial charge in [0.2, 0.25) is 5.91 Å². The van der Waals surface area contributed by atoms with Crippen molar-refractivity contribution < 1.29 is 4.79 Å². The van der Waals surface area contributed by atoms with E-state index in [2.05, 4.69) is 10.4 Å². The Morgan fingerprint density at radius 3 is 2.57 bits per heavy atom. The van der Waals surface area contributed by atoms with E-state index in [1.165, 1.54) is 0 Å². The highest BCUT2D eigenvalue weighted by molar-refractivity contribution is 6.42. The molecule has 6 heteroatoms. The van der Waals surface area contributed by atoms with Crippen molar-refractivity contribution in [3.63, 3.8) is 0 Å². The van der Waals surface area contributed by atoms with Crippen molar-refractivity contribution in [2.45, 2.75) is 33.2 Å². The molecule has 2 rings (SSSR count). The highest BCUT2D eigenvalue weighted by Crippen LogP contribution is 2.25. The smallest absolute Gasteiger partial charge is 0.226 e. The average Bonchev–Trinajstić information content (AvgIpc) is 2.73. The molecular formula is C15H17Cl2N3O. The number of nitrogens with one attached hydrogen (secondary N) is 1. The van der Waals surface area contributed by atoms with Crippen molar-refractivity contribution in [1.29, 1.82) is 0 Å². The number of amides is 1. The lowest BCUT2D eigenvalue weighted by molar-refractivity contribution is -0.116. The zero-order valence-electron chi connectivity index (χ0n) is 12.2. The fourth-order valence-electron chi connectivity index (χ4n) is 2.23. The van der Waals surface area contributed by atoms with Crippen molar-refractivity contribution in [2.24, 2.45) is 0 Å². The number of carbonyl (C=O) groups excluding carboxylic acids is 1. The number of benzene rings is 1. The van der Waals surface area contributed by atoms with Gasteiger partial charge >= 0.3 is 0 Å². The van der Waals surface area contributed by atoms with Gasteiger partial charge in [-0.2, -0.15) is 5.10 Å². The maximum Gasteiger partial charge on any atom is 0.226 e. The van der Waals surface area contributed by atoms with Crippen LogP contribution in [0.4, 0.5) is 5.69 Å². The summed E-state index contributed by atoms with van der Waals surface area (Å²) >= 11 is 11.8. The Labute approximate surface area is 134 Å². The Bertz CT molecular complexity index is 667. The van der Waals surface area contributed by atoms with Crippen LogP contribution in [-0.2, 0) is 4.79 Å². The maximum atomic E-state index is 12.1. The first-order valence-electron chi connectivity index (χ1n) is 6.64. The number of hydrogen-bond acceptors (Lipinski definition) is 2. The lowest BCUT2D eigenvalue weighted by Gasteiger charge is -2.14. The van der Waals surface area contributed by atoms with Crippen LogP contribution >= 0.6 is 23.2 Å². The van der Waals surface area contributed by atoms with E-state index >= 15 is 0 Å². The van der Waals surface area contributed by atoms with E-state index in [0.29, 0.717) is 22.2 Å². The molecule has 112 valence electrons. The first kappa shape index (κ1) is 15.9. The molecule has 1 N–H and O–H groups in total. The first-order chi connectivity index (χ1) is 9.86. The lowest BCUT2D eigenvalue weighted by Crippen LogP contribution is -2.19. The van der Waals surface area contributed by atoms with Gasteiger partial charge in [0.1, 0.15) is 0 Å². The molecule has 0 aliphatic rings. The Balaban J connectivity index is 2.01. The van der Waals surface area contributed by atoms with E-state index in [-0.39, 0.29) is 11.9 Å². The average molecular weight is 326 g/mol. The van der Waals surface area contributed by atoms with Gasteiger partial charge in [-0.3, -0.25) is 9.48 Å². The standard InChI is InChI=1S/C15H17Cl2N3O/c1-9-6-10(2)20(19-9)11(3)7-15(21)18-12-4-5-13(16)14(17)8-12/h4-6,8,11H,7H2,1-3H3,(H,18,21)/t11-/m1/s1. The summed E-state index contributed by atoms with van der Waals surface area (Å²) in [5.74, 6) is -0.0894. The van der Waals surface area contributed by atoms with Gasteiger partial charge in [-0.1, -0.05) is 23.2 Å². The van der Waals surface area contributed by atoms with Crippen molar-refractivity contribution in [3.05, 3.63) is 45.7 Å². The Morgan fingerprint density at radius 1 is 1.29 bits per heavy atom. The SMILES string of the molecule is Cc1cc(C)n([C@H](C)CC(=O)Nc2ccc(Cl)c(Cl)c2)n1. The summed E-state index contributed by atoms with van der Waals surface area (Å²) in [6, 6.07) is 6.99. The monoisotopic (exact) mass is 325 g/mol. The van der Waals surface area contributed by atoms with Crippen LogP contribution in [0.2, 0.25) is 10.0 Å². The molecule has 0 fully saturated rings. The molecule has 1 amide bonds. The molecule has 0 saturated carbocycles. The highest BCUT2D eigenvalue weighted by Gasteiger charge is 2.14. The van der Waals surface area contributed by atoms with Gasteiger partial charge in [-0.15, -0.1) is 0 Å². The predicted molar refractivity (Wildman–Crippen MR) is 86.1 cm³/mol. The summed E-state index contributed by atoms with van der Waals surface area (Å²) < 4.78 is 1.86. The van der Waals surface area contributed by atoms with Gasteiger partial charge in [0, 0.05) is 17.8 Å². The summed E-state index contributed by atoms with van der Waals surface area (Å²) in [6.45, 7) is 5.88. The van der Waals surface area contributed by atoms with Crippen LogP contribution in [0.25, 0.3) is 0 Å². The number of nitrogens with zero attached hydrogens (tertiary/aromatic N) is 2. The molecule has 0 unspecified atom stereocenters. The molecule has 0 spiro atoms. The van der Waals surface area contributed by atoms with Gasteiger partial charge < -0.3 is 5.32 Å². The number of rotatable bonds is 4. The second-order valence-corrected chi connectivity index (χ2v) is 5.92. The Kier molecular flexibility index (Phi) is 4.91. The Morgan fingerprint density at radius 2 is 2.00 bits per heavy atom. The van der Waals surface area contributed by atoms with E-state index in [9.17, 15) is 4.79 Å². The quantitative estimate of drug-likeness (QED) is 0.905. The molecule has 21 heavy (non-hydrogen) atoms. The van der Waals surface area contributed by atoms with Crippen LogP contribution in [0.1, 0.15) is 30.8 Å². The molecule has 0 aliphatic heterocycles. The van der Waals surface area contributed by atoms with Gasteiger partial charge in [-0.25, -0.2) is 0 Å². The minimum Gasteiger partial charge on any atom is -0.326 e. The minimum absolute atomic E-state index is 0.0125. The summed E-state index contributed by atoms with van der Waals surface area (Å²) in [7, 11) is 0. The third-order valence-electron chi connectivity index (χ3n) is 3.15. The van der Waals surface area contributed by atoms with Crippen molar-refractivity contribution in [2.75, 3.05) is 5.32 Å². The van der Waals surface area contributed by atoms with Crippen LogP contribution in [0.3, 0.4) is 0 Å². The van der Waals surface area contributed by atoms with Crippen LogP contribution < -0.4 is 5.32 Å². The summed E-state index contributed by atoms with van der Waals surface area (Å²) in [5.41, 5.74) is 2.63. The molecule has 0 radical (unpaired) electrons. The van der Waals surface area contributed by atoms with E-state index in [1.54, 1.807) is 18.2 Å². The summed E-state index contributed by atoms with van der Waals surface area (Å²) in [6.07, 6.45) is 0.336. The number of anilines is 1. The van der Waals surface area contributed by atoms with E-state index in [1.807, 2.05) is 31.5 Å². The minimum atomic E-state index is -0.0894. The zero-order chi connectivity index (χ0) is 15.6. The van der Waals surface area contributed by atoms with Crippen LogP contribution in [0.15, 0.2) is 24.3 Å². The second-order valence-electron chi connectivity index (χ2n) is 5.10. The van der Waals surface area contributed by atoms with Gasteiger partial charge in [0.05, 0.1) is 21.8 Å². The third kappa shape index (κ3) is 3.99. The molecule has 1 aromatic carbocycles. The number of aryl methyl sites for hydroxylation is 2. The zero-order valence-corrected chi connectivity index (χ0v) is 13.7. The topological polar surface area (TPSA) is 46.9 Å². The number of halogens is 2. The fourth-order valence-corrected chi connectivity index (χ4v) is 2.53. The van der Waals surface area contributed by atoms with Gasteiger partial charge in [0.25, 0.3) is 0 Å². The second kappa shape index (κ2) is 6.50. The molecule has 1 atom stereocenters. The van der Waals surface area contributed by atoms with Gasteiger partial charge in [0.15, 0.2) is 0 Å². The van der Waals surface area contributed by atoms with Gasteiger partial charge in [-0.05, 0) is 45.0 Å². The van der Waals surface area contributed by atoms with E-state index in [4.69, 9.17) is 23.2 Å². The molecule has 0 bridgehead atoms. The molecule has 2 aromatic rings. The molecule has 0 aliphatic carbocycles. The maximum absolute atomic E-state index is 12.1. The first-order valence-corrected chi connectivity index (χ1v) is 7.40.